The molecule has 28 heavy (non-hydrogen) atoms. The lowest BCUT2D eigenvalue weighted by Crippen LogP contribution is -2.43. The summed E-state index contributed by atoms with van der Waals surface area (Å²) in [6, 6.07) is 16.9. The fourth-order valence-electron chi connectivity index (χ4n) is 4.14. The number of fused-ring (bicyclic) bond motifs is 1. The maximum absolute atomic E-state index is 5.89. The Morgan fingerprint density at radius 3 is 2.68 bits per heavy atom. The molecule has 0 amide bonds. The summed E-state index contributed by atoms with van der Waals surface area (Å²) < 4.78 is 5.49. The molecule has 4 rings (SSSR count). The molecule has 0 spiro atoms. The van der Waals surface area contributed by atoms with Crippen molar-refractivity contribution in [2.45, 2.75) is 44.7 Å². The van der Waals surface area contributed by atoms with Gasteiger partial charge in [0, 0.05) is 29.7 Å². The van der Waals surface area contributed by atoms with Crippen molar-refractivity contribution >= 4 is 33.9 Å². The Labute approximate surface area is 171 Å². The second kappa shape index (κ2) is 8.65. The van der Waals surface area contributed by atoms with E-state index in [1.165, 1.54) is 48.6 Å². The second-order valence-corrected chi connectivity index (χ2v) is 7.80. The van der Waals surface area contributed by atoms with E-state index in [1.54, 1.807) is 7.11 Å². The average molecular weight is 394 g/mol. The van der Waals surface area contributed by atoms with Crippen LogP contribution < -0.4 is 10.1 Å². The number of para-hydroxylation sites is 3. The molecule has 3 aromatic rings. The number of H-pyrrole nitrogens is 1. The quantitative estimate of drug-likeness (QED) is 0.545. The topological polar surface area (TPSA) is 40.3 Å². The Bertz CT molecular complexity index is 946. The minimum Gasteiger partial charge on any atom is -0.495 e. The van der Waals surface area contributed by atoms with Gasteiger partial charge in [0.2, 0.25) is 0 Å². The van der Waals surface area contributed by atoms with Crippen LogP contribution in [0.5, 0.6) is 5.75 Å². The van der Waals surface area contributed by atoms with Crippen LogP contribution in [0.2, 0.25) is 0 Å². The van der Waals surface area contributed by atoms with E-state index < -0.39 is 0 Å². The first kappa shape index (κ1) is 18.8. The van der Waals surface area contributed by atoms with Gasteiger partial charge in [-0.1, -0.05) is 49.6 Å². The molecular formula is C23H27N3OS. The second-order valence-electron chi connectivity index (χ2n) is 7.41. The summed E-state index contributed by atoms with van der Waals surface area (Å²) in [5, 5.41) is 5.47. The molecule has 0 aliphatic heterocycles. The molecule has 4 nitrogen and oxygen atoms in total. The highest BCUT2D eigenvalue weighted by molar-refractivity contribution is 7.80. The van der Waals surface area contributed by atoms with Gasteiger partial charge in [-0.05, 0) is 48.8 Å². The molecule has 1 aromatic heterocycles. The van der Waals surface area contributed by atoms with Crippen LogP contribution in [0, 0.1) is 0 Å². The fourth-order valence-corrected chi connectivity index (χ4v) is 4.46. The standard InChI is InChI=1S/C23H27N3OS/c1-27-22-14-8-7-13-21(22)25-23(28)26(18-9-3-2-4-10-18)16-17-15-24-20-12-6-5-11-19(17)20/h5-8,11-15,18,24H,2-4,9-10,16H2,1H3,(H,25,28). The van der Waals surface area contributed by atoms with Gasteiger partial charge in [0.15, 0.2) is 5.11 Å². The average Bonchev–Trinajstić information content (AvgIpc) is 3.16. The number of anilines is 1. The van der Waals surface area contributed by atoms with Crippen LogP contribution in [-0.4, -0.2) is 28.1 Å². The molecule has 1 aliphatic rings. The predicted molar refractivity (Wildman–Crippen MR) is 120 cm³/mol. The van der Waals surface area contributed by atoms with Gasteiger partial charge in [-0.2, -0.15) is 0 Å². The van der Waals surface area contributed by atoms with Gasteiger partial charge in [-0.15, -0.1) is 0 Å². The zero-order chi connectivity index (χ0) is 19.3. The van der Waals surface area contributed by atoms with Crippen molar-refractivity contribution in [3.05, 3.63) is 60.3 Å². The Kier molecular flexibility index (Phi) is 5.81. The summed E-state index contributed by atoms with van der Waals surface area (Å²) >= 11 is 5.89. The molecule has 2 aromatic carbocycles. The molecule has 1 fully saturated rings. The van der Waals surface area contributed by atoms with Gasteiger partial charge >= 0.3 is 0 Å². The minimum absolute atomic E-state index is 0.470. The maximum Gasteiger partial charge on any atom is 0.174 e. The molecule has 0 radical (unpaired) electrons. The molecule has 1 aliphatic carbocycles. The zero-order valence-electron chi connectivity index (χ0n) is 16.3. The molecule has 146 valence electrons. The van der Waals surface area contributed by atoms with Crippen molar-refractivity contribution in [2.75, 3.05) is 12.4 Å². The molecule has 1 saturated carbocycles. The third-order valence-corrected chi connectivity index (χ3v) is 5.98. The highest BCUT2D eigenvalue weighted by atomic mass is 32.1. The monoisotopic (exact) mass is 393 g/mol. The number of nitrogens with zero attached hydrogens (tertiary/aromatic N) is 1. The third-order valence-electron chi connectivity index (χ3n) is 5.64. The number of methoxy groups -OCH3 is 1. The van der Waals surface area contributed by atoms with Crippen molar-refractivity contribution < 1.29 is 4.74 Å². The summed E-state index contributed by atoms with van der Waals surface area (Å²) in [6.07, 6.45) is 8.36. The van der Waals surface area contributed by atoms with Gasteiger partial charge in [-0.3, -0.25) is 0 Å². The van der Waals surface area contributed by atoms with Crippen LogP contribution in [0.1, 0.15) is 37.7 Å². The Morgan fingerprint density at radius 1 is 1.11 bits per heavy atom. The highest BCUT2D eigenvalue weighted by Crippen LogP contribution is 2.29. The van der Waals surface area contributed by atoms with E-state index in [2.05, 4.69) is 45.7 Å². The first-order valence-corrected chi connectivity index (χ1v) is 10.4. The predicted octanol–water partition coefficient (Wildman–Crippen LogP) is 5.71. The van der Waals surface area contributed by atoms with Crippen molar-refractivity contribution in [1.29, 1.82) is 0 Å². The van der Waals surface area contributed by atoms with E-state index in [1.807, 2.05) is 24.3 Å². The van der Waals surface area contributed by atoms with E-state index in [-0.39, 0.29) is 0 Å². The number of hydrogen-bond acceptors (Lipinski definition) is 2. The number of aromatic amines is 1. The molecule has 2 N–H and O–H groups in total. The number of aromatic nitrogens is 1. The molecule has 0 unspecified atom stereocenters. The SMILES string of the molecule is COc1ccccc1NC(=S)N(Cc1c[nH]c2ccccc12)C1CCCCC1. The Balaban J connectivity index is 1.60. The van der Waals surface area contributed by atoms with Crippen LogP contribution in [0.3, 0.4) is 0 Å². The maximum atomic E-state index is 5.89. The van der Waals surface area contributed by atoms with E-state index >= 15 is 0 Å². The van der Waals surface area contributed by atoms with Gasteiger partial charge in [0.1, 0.15) is 5.75 Å². The van der Waals surface area contributed by atoms with Gasteiger partial charge < -0.3 is 19.9 Å². The highest BCUT2D eigenvalue weighted by Gasteiger charge is 2.25. The molecular weight excluding hydrogens is 366 g/mol. The van der Waals surface area contributed by atoms with E-state index in [4.69, 9.17) is 17.0 Å². The fraction of sp³-hybridized carbons (Fsp3) is 0.348. The van der Waals surface area contributed by atoms with E-state index in [9.17, 15) is 0 Å². The molecule has 0 saturated heterocycles. The minimum atomic E-state index is 0.470. The van der Waals surface area contributed by atoms with Crippen molar-refractivity contribution in [1.82, 2.24) is 9.88 Å². The largest absolute Gasteiger partial charge is 0.495 e. The van der Waals surface area contributed by atoms with Crippen LogP contribution >= 0.6 is 12.2 Å². The summed E-state index contributed by atoms with van der Waals surface area (Å²) in [7, 11) is 1.69. The summed E-state index contributed by atoms with van der Waals surface area (Å²) in [4.78, 5) is 5.76. The van der Waals surface area contributed by atoms with E-state index in [0.29, 0.717) is 6.04 Å². The lowest BCUT2D eigenvalue weighted by Gasteiger charge is -2.36. The molecule has 0 bridgehead atoms. The van der Waals surface area contributed by atoms with Crippen LogP contribution in [0.4, 0.5) is 5.69 Å². The van der Waals surface area contributed by atoms with Gasteiger partial charge in [0.05, 0.1) is 12.8 Å². The summed E-state index contributed by atoms with van der Waals surface area (Å²) in [5.41, 5.74) is 3.37. The number of ether oxygens (including phenoxy) is 1. The molecule has 1 heterocycles. The van der Waals surface area contributed by atoms with Crippen LogP contribution in [0.15, 0.2) is 54.7 Å². The number of rotatable bonds is 5. The number of hydrogen-bond donors (Lipinski definition) is 2. The normalized spacial score (nSPS) is 14.8. The van der Waals surface area contributed by atoms with Crippen LogP contribution in [0.25, 0.3) is 10.9 Å². The number of nitrogens with one attached hydrogen (secondary N) is 2. The summed E-state index contributed by atoms with van der Waals surface area (Å²) in [5.74, 6) is 0.806. The van der Waals surface area contributed by atoms with Crippen molar-refractivity contribution in [3.8, 4) is 5.75 Å². The first-order valence-electron chi connectivity index (χ1n) is 10.0. The number of thiocarbonyl (C=S) groups is 1. The van der Waals surface area contributed by atoms with E-state index in [0.717, 1.165) is 23.1 Å². The smallest absolute Gasteiger partial charge is 0.174 e. The Hall–Kier alpha value is -2.53. The lowest BCUT2D eigenvalue weighted by molar-refractivity contribution is 0.241. The van der Waals surface area contributed by atoms with Crippen LogP contribution in [-0.2, 0) is 6.54 Å². The van der Waals surface area contributed by atoms with Crippen molar-refractivity contribution in [3.63, 3.8) is 0 Å². The van der Waals surface area contributed by atoms with Gasteiger partial charge in [0.25, 0.3) is 0 Å². The number of benzene rings is 2. The zero-order valence-corrected chi connectivity index (χ0v) is 17.1. The first-order chi connectivity index (χ1) is 13.8. The van der Waals surface area contributed by atoms with Crippen molar-refractivity contribution in [2.24, 2.45) is 0 Å². The van der Waals surface area contributed by atoms with Gasteiger partial charge in [-0.25, -0.2) is 0 Å². The molecule has 5 heteroatoms. The third kappa shape index (κ3) is 3.99. The summed E-state index contributed by atoms with van der Waals surface area (Å²) in [6.45, 7) is 0.801. The lowest BCUT2D eigenvalue weighted by atomic mass is 9.94. The Morgan fingerprint density at radius 2 is 1.86 bits per heavy atom. The molecule has 0 atom stereocenters.